The first-order valence-corrected chi connectivity index (χ1v) is 8.50. The Bertz CT molecular complexity index is 623. The second kappa shape index (κ2) is 8.19. The lowest BCUT2D eigenvalue weighted by Gasteiger charge is -2.12. The Morgan fingerprint density at radius 3 is 2.27 bits per heavy atom. The summed E-state index contributed by atoms with van der Waals surface area (Å²) in [4.78, 5) is 0. The molecule has 0 bridgehead atoms. The first-order valence-electron chi connectivity index (χ1n) is 8.12. The zero-order valence-corrected chi connectivity index (χ0v) is 14.4. The molecular formula is C21H25Cl. The van der Waals surface area contributed by atoms with E-state index in [2.05, 4.69) is 50.8 Å². The largest absolute Gasteiger partial charge is 0.100 e. The number of allylic oxidation sites excluding steroid dienone is 1. The van der Waals surface area contributed by atoms with Crippen molar-refractivity contribution < 1.29 is 0 Å². The topological polar surface area (TPSA) is 0 Å². The highest BCUT2D eigenvalue weighted by molar-refractivity contribution is 6.30. The summed E-state index contributed by atoms with van der Waals surface area (Å²) in [7, 11) is 0. The third-order valence-electron chi connectivity index (χ3n) is 4.00. The number of benzene rings is 2. The molecule has 2 aromatic carbocycles. The molecule has 0 nitrogen and oxygen atoms in total. The number of aryl methyl sites for hydroxylation is 2. The molecule has 0 aliphatic rings. The zero-order chi connectivity index (χ0) is 15.9. The molecule has 0 N–H and O–H groups in total. The average molecular weight is 313 g/mol. The van der Waals surface area contributed by atoms with Crippen LogP contribution >= 0.6 is 11.6 Å². The molecule has 0 heterocycles. The molecule has 0 radical (unpaired) electrons. The quantitative estimate of drug-likeness (QED) is 0.490. The Morgan fingerprint density at radius 1 is 0.955 bits per heavy atom. The van der Waals surface area contributed by atoms with Gasteiger partial charge in [-0.05, 0) is 67.0 Å². The molecule has 0 saturated heterocycles. The lowest BCUT2D eigenvalue weighted by molar-refractivity contribution is 0.782. The molecule has 0 fully saturated rings. The summed E-state index contributed by atoms with van der Waals surface area (Å²) >= 11 is 5.99. The summed E-state index contributed by atoms with van der Waals surface area (Å²) in [6.07, 6.45) is 5.79. The van der Waals surface area contributed by atoms with Crippen molar-refractivity contribution in [2.45, 2.75) is 46.0 Å². The molecule has 0 aliphatic heterocycles. The molecule has 1 heteroatoms. The van der Waals surface area contributed by atoms with Crippen LogP contribution in [0.3, 0.4) is 0 Å². The monoisotopic (exact) mass is 312 g/mol. The van der Waals surface area contributed by atoms with Crippen molar-refractivity contribution in [2.24, 2.45) is 0 Å². The maximum Gasteiger partial charge on any atom is 0.0406 e. The predicted octanol–water partition coefficient (Wildman–Crippen LogP) is 6.86. The Kier molecular flexibility index (Phi) is 6.27. The predicted molar refractivity (Wildman–Crippen MR) is 98.6 cm³/mol. The van der Waals surface area contributed by atoms with Crippen LogP contribution in [0.25, 0.3) is 11.1 Å². The Labute approximate surface area is 139 Å². The van der Waals surface area contributed by atoms with Crippen LogP contribution in [0.15, 0.2) is 54.6 Å². The van der Waals surface area contributed by atoms with Gasteiger partial charge in [0.15, 0.2) is 0 Å². The van der Waals surface area contributed by atoms with Gasteiger partial charge >= 0.3 is 0 Å². The van der Waals surface area contributed by atoms with Crippen LogP contribution in [-0.2, 0) is 12.8 Å². The molecule has 0 spiro atoms. The van der Waals surface area contributed by atoms with Gasteiger partial charge in [-0.15, -0.1) is 6.58 Å². The smallest absolute Gasteiger partial charge is 0.0406 e. The minimum atomic E-state index is 0.783. The lowest BCUT2D eigenvalue weighted by atomic mass is 9.93. The second-order valence-electron chi connectivity index (χ2n) is 6.05. The summed E-state index contributed by atoms with van der Waals surface area (Å²) in [6, 6.07) is 15.0. The van der Waals surface area contributed by atoms with Crippen LogP contribution in [0.5, 0.6) is 0 Å². The third kappa shape index (κ3) is 4.74. The van der Waals surface area contributed by atoms with Gasteiger partial charge in [0.25, 0.3) is 0 Å². The highest BCUT2D eigenvalue weighted by Crippen LogP contribution is 2.26. The van der Waals surface area contributed by atoms with Crippen LogP contribution in [-0.4, -0.2) is 0 Å². The number of unbranched alkanes of at least 4 members (excludes halogenated alkanes) is 1. The van der Waals surface area contributed by atoms with E-state index in [1.807, 2.05) is 12.1 Å². The van der Waals surface area contributed by atoms with E-state index >= 15 is 0 Å². The maximum absolute atomic E-state index is 5.99. The van der Waals surface area contributed by atoms with Crippen LogP contribution in [0, 0.1) is 0 Å². The summed E-state index contributed by atoms with van der Waals surface area (Å²) in [5, 5.41) is 0.783. The number of hydrogen-bond acceptors (Lipinski definition) is 0. The van der Waals surface area contributed by atoms with Crippen LogP contribution in [0.4, 0.5) is 0 Å². The fourth-order valence-electron chi connectivity index (χ4n) is 2.64. The van der Waals surface area contributed by atoms with Crippen LogP contribution in [0.2, 0.25) is 5.02 Å². The first kappa shape index (κ1) is 16.8. The Balaban J connectivity index is 2.30. The van der Waals surface area contributed by atoms with E-state index in [0.717, 1.165) is 17.9 Å². The summed E-state index contributed by atoms with van der Waals surface area (Å²) < 4.78 is 0. The van der Waals surface area contributed by atoms with Crippen molar-refractivity contribution in [1.82, 2.24) is 0 Å². The van der Waals surface area contributed by atoms with E-state index in [1.54, 1.807) is 0 Å². The van der Waals surface area contributed by atoms with E-state index < -0.39 is 0 Å². The highest BCUT2D eigenvalue weighted by Gasteiger charge is 2.06. The average Bonchev–Trinajstić information content (AvgIpc) is 2.52. The standard InChI is InChI=1S/C21H25Cl/c1-4-5-6-17-9-10-20(15-19(17)8-7-16(2)3)18-11-13-21(22)14-12-18/h9-15H,2,4-8H2,1,3H3. The van der Waals surface area contributed by atoms with E-state index in [0.29, 0.717) is 0 Å². The van der Waals surface area contributed by atoms with Gasteiger partial charge in [0.1, 0.15) is 0 Å². The van der Waals surface area contributed by atoms with Gasteiger partial charge in [-0.3, -0.25) is 0 Å². The van der Waals surface area contributed by atoms with Gasteiger partial charge < -0.3 is 0 Å². The molecule has 0 aromatic heterocycles. The van der Waals surface area contributed by atoms with Crippen molar-refractivity contribution in [3.05, 3.63) is 70.8 Å². The van der Waals surface area contributed by atoms with Crippen LogP contribution in [0.1, 0.15) is 44.2 Å². The molecule has 0 saturated carbocycles. The fraction of sp³-hybridized carbons (Fsp3) is 0.333. The molecule has 22 heavy (non-hydrogen) atoms. The molecular weight excluding hydrogens is 288 g/mol. The maximum atomic E-state index is 5.99. The van der Waals surface area contributed by atoms with Gasteiger partial charge in [0.05, 0.1) is 0 Å². The summed E-state index contributed by atoms with van der Waals surface area (Å²) in [6.45, 7) is 8.39. The molecule has 2 rings (SSSR count). The molecule has 0 amide bonds. The van der Waals surface area contributed by atoms with E-state index in [4.69, 9.17) is 11.6 Å². The van der Waals surface area contributed by atoms with Gasteiger partial charge in [0.2, 0.25) is 0 Å². The van der Waals surface area contributed by atoms with Crippen molar-refractivity contribution >= 4 is 11.6 Å². The Hall–Kier alpha value is -1.53. The van der Waals surface area contributed by atoms with Crippen LogP contribution < -0.4 is 0 Å². The SMILES string of the molecule is C=C(C)CCc1cc(-c2ccc(Cl)cc2)ccc1CCCC. The van der Waals surface area contributed by atoms with E-state index in [-0.39, 0.29) is 0 Å². The molecule has 2 aromatic rings. The van der Waals surface area contributed by atoms with Gasteiger partial charge in [-0.25, -0.2) is 0 Å². The fourth-order valence-corrected chi connectivity index (χ4v) is 2.77. The van der Waals surface area contributed by atoms with Crippen molar-refractivity contribution in [2.75, 3.05) is 0 Å². The lowest BCUT2D eigenvalue weighted by Crippen LogP contribution is -1.96. The van der Waals surface area contributed by atoms with E-state index in [9.17, 15) is 0 Å². The first-order chi connectivity index (χ1) is 10.6. The number of hydrogen-bond donors (Lipinski definition) is 0. The molecule has 0 aliphatic carbocycles. The van der Waals surface area contributed by atoms with Crippen molar-refractivity contribution in [3.63, 3.8) is 0 Å². The van der Waals surface area contributed by atoms with Crippen molar-refractivity contribution in [1.29, 1.82) is 0 Å². The van der Waals surface area contributed by atoms with Crippen molar-refractivity contribution in [3.8, 4) is 11.1 Å². The van der Waals surface area contributed by atoms with Gasteiger partial charge in [-0.2, -0.15) is 0 Å². The molecule has 0 unspecified atom stereocenters. The summed E-state index contributed by atoms with van der Waals surface area (Å²) in [5.74, 6) is 0. The number of rotatable bonds is 7. The molecule has 0 atom stereocenters. The minimum Gasteiger partial charge on any atom is -0.100 e. The number of halogens is 1. The normalized spacial score (nSPS) is 10.7. The van der Waals surface area contributed by atoms with Gasteiger partial charge in [-0.1, -0.05) is 60.9 Å². The van der Waals surface area contributed by atoms with Gasteiger partial charge in [0, 0.05) is 5.02 Å². The third-order valence-corrected chi connectivity index (χ3v) is 4.26. The second-order valence-corrected chi connectivity index (χ2v) is 6.49. The highest BCUT2D eigenvalue weighted by atomic mass is 35.5. The molecule has 116 valence electrons. The minimum absolute atomic E-state index is 0.783. The summed E-state index contributed by atoms with van der Waals surface area (Å²) in [5.41, 5.74) is 6.69. The zero-order valence-electron chi connectivity index (χ0n) is 13.7. The Morgan fingerprint density at radius 2 is 1.64 bits per heavy atom. The van der Waals surface area contributed by atoms with E-state index in [1.165, 1.54) is 47.1 Å².